The highest BCUT2D eigenvalue weighted by atomic mass is 28.4. The SMILES string of the molecule is CC1(C)O[C@H]([C@H](O)CO[Si](C)(C)C(C)(C)C)[C@H](CCO)O1. The summed E-state index contributed by atoms with van der Waals surface area (Å²) in [7, 11) is -1.90. The molecule has 1 rings (SSSR count). The van der Waals surface area contributed by atoms with Crippen molar-refractivity contribution in [3.05, 3.63) is 0 Å². The van der Waals surface area contributed by atoms with E-state index in [1.54, 1.807) is 0 Å². The molecule has 0 aliphatic carbocycles. The summed E-state index contributed by atoms with van der Waals surface area (Å²) in [6, 6.07) is 0. The molecule has 0 unspecified atom stereocenters. The van der Waals surface area contributed by atoms with Gasteiger partial charge in [-0.2, -0.15) is 0 Å². The van der Waals surface area contributed by atoms with Gasteiger partial charge in [0.1, 0.15) is 12.2 Å². The van der Waals surface area contributed by atoms with Crippen LogP contribution in [0.25, 0.3) is 0 Å². The molecule has 0 aromatic heterocycles. The Bertz CT molecular complexity index is 337. The highest BCUT2D eigenvalue weighted by Gasteiger charge is 2.45. The van der Waals surface area contributed by atoms with Crippen molar-refractivity contribution in [3.63, 3.8) is 0 Å². The van der Waals surface area contributed by atoms with Gasteiger partial charge in [-0.05, 0) is 38.4 Å². The van der Waals surface area contributed by atoms with E-state index in [0.29, 0.717) is 6.42 Å². The Labute approximate surface area is 129 Å². The Hall–Kier alpha value is 0.0169. The molecule has 0 aromatic carbocycles. The summed E-state index contributed by atoms with van der Waals surface area (Å²) in [5, 5.41) is 19.6. The summed E-state index contributed by atoms with van der Waals surface area (Å²) in [4.78, 5) is 0. The maximum atomic E-state index is 10.4. The summed E-state index contributed by atoms with van der Waals surface area (Å²) in [6.07, 6.45) is -1.07. The monoisotopic (exact) mass is 320 g/mol. The van der Waals surface area contributed by atoms with Crippen molar-refractivity contribution in [3.8, 4) is 0 Å². The van der Waals surface area contributed by atoms with Crippen molar-refractivity contribution in [1.29, 1.82) is 0 Å². The van der Waals surface area contributed by atoms with Gasteiger partial charge >= 0.3 is 0 Å². The van der Waals surface area contributed by atoms with E-state index in [9.17, 15) is 5.11 Å². The molecule has 6 heteroatoms. The lowest BCUT2D eigenvalue weighted by atomic mass is 10.1. The number of aliphatic hydroxyl groups excluding tert-OH is 2. The van der Waals surface area contributed by atoms with E-state index in [0.717, 1.165) is 0 Å². The van der Waals surface area contributed by atoms with E-state index in [1.807, 2.05) is 13.8 Å². The molecule has 1 saturated heterocycles. The van der Waals surface area contributed by atoms with E-state index in [-0.39, 0.29) is 24.4 Å². The normalized spacial score (nSPS) is 27.9. The van der Waals surface area contributed by atoms with Crippen molar-refractivity contribution in [1.82, 2.24) is 0 Å². The first kappa shape index (κ1) is 19.1. The van der Waals surface area contributed by atoms with Crippen LogP contribution in [0.15, 0.2) is 0 Å². The van der Waals surface area contributed by atoms with Gasteiger partial charge in [-0.1, -0.05) is 20.8 Å². The molecule has 0 bridgehead atoms. The topological polar surface area (TPSA) is 68.2 Å². The number of hydrogen-bond acceptors (Lipinski definition) is 5. The Morgan fingerprint density at radius 3 is 2.29 bits per heavy atom. The summed E-state index contributed by atoms with van der Waals surface area (Å²) in [5.74, 6) is -0.734. The lowest BCUT2D eigenvalue weighted by molar-refractivity contribution is -0.157. The minimum atomic E-state index is -1.90. The molecule has 21 heavy (non-hydrogen) atoms. The van der Waals surface area contributed by atoms with Crippen LogP contribution in [0, 0.1) is 0 Å². The number of hydrogen-bond donors (Lipinski definition) is 2. The molecule has 1 aliphatic rings. The van der Waals surface area contributed by atoms with E-state index < -0.39 is 26.3 Å². The summed E-state index contributed by atoms with van der Waals surface area (Å²) < 4.78 is 17.6. The number of aliphatic hydroxyl groups is 2. The molecule has 2 N–H and O–H groups in total. The zero-order valence-electron chi connectivity index (χ0n) is 14.5. The van der Waals surface area contributed by atoms with Gasteiger partial charge < -0.3 is 24.1 Å². The Kier molecular flexibility index (Phi) is 6.03. The van der Waals surface area contributed by atoms with Crippen molar-refractivity contribution in [2.24, 2.45) is 0 Å². The van der Waals surface area contributed by atoms with Crippen LogP contribution >= 0.6 is 0 Å². The van der Waals surface area contributed by atoms with E-state index in [1.165, 1.54) is 0 Å². The Morgan fingerprint density at radius 1 is 1.24 bits per heavy atom. The highest BCUT2D eigenvalue weighted by molar-refractivity contribution is 6.74. The van der Waals surface area contributed by atoms with Crippen molar-refractivity contribution < 1.29 is 24.1 Å². The molecule has 1 heterocycles. The second kappa shape index (κ2) is 6.64. The fourth-order valence-corrected chi connectivity index (χ4v) is 3.17. The number of ether oxygens (including phenoxy) is 2. The van der Waals surface area contributed by atoms with Gasteiger partial charge in [-0.3, -0.25) is 0 Å². The molecule has 1 fully saturated rings. The van der Waals surface area contributed by atoms with Crippen molar-refractivity contribution in [2.45, 2.75) is 83.3 Å². The maximum absolute atomic E-state index is 10.4. The first-order valence-corrected chi connectivity index (χ1v) is 10.6. The summed E-state index contributed by atoms with van der Waals surface area (Å²) in [5.41, 5.74) is 0. The largest absolute Gasteiger partial charge is 0.414 e. The van der Waals surface area contributed by atoms with Gasteiger partial charge in [0.05, 0.1) is 12.7 Å². The zero-order chi connectivity index (χ0) is 16.5. The van der Waals surface area contributed by atoms with Crippen LogP contribution in [0.3, 0.4) is 0 Å². The minimum Gasteiger partial charge on any atom is -0.414 e. The molecular weight excluding hydrogens is 288 g/mol. The zero-order valence-corrected chi connectivity index (χ0v) is 15.5. The number of rotatable bonds is 6. The van der Waals surface area contributed by atoms with Crippen LogP contribution in [0.5, 0.6) is 0 Å². The second-order valence-electron chi connectivity index (χ2n) is 7.79. The second-order valence-corrected chi connectivity index (χ2v) is 12.6. The van der Waals surface area contributed by atoms with Crippen LogP contribution in [-0.2, 0) is 13.9 Å². The van der Waals surface area contributed by atoms with E-state index >= 15 is 0 Å². The standard InChI is InChI=1S/C15H32O5Si/c1-14(2,3)21(6,7)18-10-11(17)13-12(8-9-16)19-15(4,5)20-13/h11-13,16-17H,8-10H2,1-7H3/t11-,12+,13-/m1/s1. The molecule has 0 saturated carbocycles. The molecule has 1 aliphatic heterocycles. The third-order valence-electron chi connectivity index (χ3n) is 4.44. The minimum absolute atomic E-state index is 0.0103. The first-order valence-electron chi connectivity index (χ1n) is 7.68. The van der Waals surface area contributed by atoms with Crippen LogP contribution in [-0.4, -0.2) is 55.8 Å². The van der Waals surface area contributed by atoms with Gasteiger partial charge in [0, 0.05) is 6.61 Å². The molecule has 126 valence electrons. The predicted molar refractivity (Wildman–Crippen MR) is 84.7 cm³/mol. The average molecular weight is 321 g/mol. The van der Waals surface area contributed by atoms with Crippen LogP contribution in [0.2, 0.25) is 18.1 Å². The van der Waals surface area contributed by atoms with Gasteiger partial charge in [0.25, 0.3) is 0 Å². The third-order valence-corrected chi connectivity index (χ3v) is 8.94. The molecule has 0 aromatic rings. The molecule has 0 spiro atoms. The smallest absolute Gasteiger partial charge is 0.192 e. The van der Waals surface area contributed by atoms with E-state index in [4.69, 9.17) is 19.0 Å². The predicted octanol–water partition coefficient (Wildman–Crippen LogP) is 2.27. The molecule has 0 amide bonds. The first-order chi connectivity index (χ1) is 9.39. The Balaban J connectivity index is 2.64. The van der Waals surface area contributed by atoms with Crippen molar-refractivity contribution >= 4 is 8.32 Å². The van der Waals surface area contributed by atoms with Gasteiger partial charge in [0.15, 0.2) is 14.1 Å². The summed E-state index contributed by atoms with van der Waals surface area (Å²) >= 11 is 0. The third kappa shape index (κ3) is 5.01. The van der Waals surface area contributed by atoms with Crippen LogP contribution < -0.4 is 0 Å². The molecule has 3 atom stereocenters. The van der Waals surface area contributed by atoms with Gasteiger partial charge in [-0.25, -0.2) is 0 Å². The highest BCUT2D eigenvalue weighted by Crippen LogP contribution is 2.37. The van der Waals surface area contributed by atoms with Crippen LogP contribution in [0.4, 0.5) is 0 Å². The molecule has 0 radical (unpaired) electrons. The Morgan fingerprint density at radius 2 is 1.81 bits per heavy atom. The molecular formula is C15H32O5Si. The van der Waals surface area contributed by atoms with Crippen LogP contribution in [0.1, 0.15) is 41.0 Å². The van der Waals surface area contributed by atoms with Crippen molar-refractivity contribution in [2.75, 3.05) is 13.2 Å². The van der Waals surface area contributed by atoms with Gasteiger partial charge in [0.2, 0.25) is 0 Å². The fraction of sp³-hybridized carbons (Fsp3) is 1.00. The van der Waals surface area contributed by atoms with E-state index in [2.05, 4.69) is 33.9 Å². The summed E-state index contributed by atoms with van der Waals surface area (Å²) in [6.45, 7) is 14.7. The quantitative estimate of drug-likeness (QED) is 0.735. The maximum Gasteiger partial charge on any atom is 0.192 e. The lowest BCUT2D eigenvalue weighted by Crippen LogP contribution is -2.46. The molecule has 5 nitrogen and oxygen atoms in total. The fourth-order valence-electron chi connectivity index (χ4n) is 2.14. The van der Waals surface area contributed by atoms with Gasteiger partial charge in [-0.15, -0.1) is 0 Å². The lowest BCUT2D eigenvalue weighted by Gasteiger charge is -2.37. The average Bonchev–Trinajstić information content (AvgIpc) is 2.60.